The average molecular weight is 377 g/mol. The molecule has 1 aliphatic carbocycles. The first-order valence-corrected chi connectivity index (χ1v) is 9.76. The number of hydrogen-bond donors (Lipinski definition) is 2. The predicted molar refractivity (Wildman–Crippen MR) is 110 cm³/mol. The number of pyridine rings is 1. The molecule has 28 heavy (non-hydrogen) atoms. The van der Waals surface area contributed by atoms with Gasteiger partial charge in [-0.25, -0.2) is 9.37 Å². The predicted octanol–water partition coefficient (Wildman–Crippen LogP) is 5.47. The summed E-state index contributed by atoms with van der Waals surface area (Å²) in [7, 11) is 0. The molecule has 0 spiro atoms. The smallest absolute Gasteiger partial charge is 0.225 e. The van der Waals surface area contributed by atoms with Gasteiger partial charge in [0.05, 0.1) is 5.69 Å². The van der Waals surface area contributed by atoms with Crippen molar-refractivity contribution in [1.82, 2.24) is 15.0 Å². The lowest BCUT2D eigenvalue weighted by Crippen LogP contribution is -2.23. The van der Waals surface area contributed by atoms with E-state index < -0.39 is 0 Å². The van der Waals surface area contributed by atoms with E-state index in [4.69, 9.17) is 4.98 Å². The molecule has 0 unspecified atom stereocenters. The first kappa shape index (κ1) is 18.3. The van der Waals surface area contributed by atoms with Gasteiger partial charge in [-0.05, 0) is 55.7 Å². The van der Waals surface area contributed by atoms with Crippen molar-refractivity contribution in [2.75, 3.05) is 10.6 Å². The van der Waals surface area contributed by atoms with Crippen LogP contribution in [-0.4, -0.2) is 21.0 Å². The Morgan fingerprint density at radius 3 is 2.50 bits per heavy atom. The van der Waals surface area contributed by atoms with Crippen LogP contribution >= 0.6 is 0 Å². The zero-order chi connectivity index (χ0) is 19.3. The molecule has 2 heterocycles. The number of aryl methyl sites for hydroxylation is 1. The van der Waals surface area contributed by atoms with Crippen LogP contribution in [0.1, 0.15) is 37.7 Å². The molecular formula is C22H24FN5. The second-order valence-corrected chi connectivity index (χ2v) is 7.26. The van der Waals surface area contributed by atoms with E-state index in [0.717, 1.165) is 35.3 Å². The molecule has 4 rings (SSSR count). The minimum absolute atomic E-state index is 0.247. The molecule has 0 amide bonds. The van der Waals surface area contributed by atoms with E-state index in [1.54, 1.807) is 18.5 Å². The number of rotatable bonds is 5. The normalized spacial score (nSPS) is 14.6. The summed E-state index contributed by atoms with van der Waals surface area (Å²) >= 11 is 0. The Balaban J connectivity index is 1.66. The van der Waals surface area contributed by atoms with Crippen LogP contribution in [0, 0.1) is 12.7 Å². The van der Waals surface area contributed by atoms with Crippen LogP contribution in [0.15, 0.2) is 48.8 Å². The van der Waals surface area contributed by atoms with Crippen LogP contribution in [0.4, 0.5) is 21.8 Å². The van der Waals surface area contributed by atoms with Crippen LogP contribution in [0.25, 0.3) is 11.3 Å². The lowest BCUT2D eigenvalue weighted by atomic mass is 9.96. The molecule has 144 valence electrons. The van der Waals surface area contributed by atoms with E-state index in [2.05, 4.69) is 20.6 Å². The van der Waals surface area contributed by atoms with Gasteiger partial charge in [0, 0.05) is 35.8 Å². The monoisotopic (exact) mass is 377 g/mol. The number of anilines is 3. The number of nitrogens with zero attached hydrogens (tertiary/aromatic N) is 3. The van der Waals surface area contributed by atoms with Crippen LogP contribution in [-0.2, 0) is 0 Å². The highest BCUT2D eigenvalue weighted by Crippen LogP contribution is 2.27. The van der Waals surface area contributed by atoms with Crippen molar-refractivity contribution in [1.29, 1.82) is 0 Å². The standard InChI is InChI=1S/C22H24FN5/c1-15-13-17(23)7-8-19(15)26-21-14-20(16-9-11-24-12-10-16)27-22(28-21)25-18-5-3-2-4-6-18/h7-14,18H,2-6H2,1H3,(H2,25,26,27,28). The number of benzene rings is 1. The van der Waals surface area contributed by atoms with Crippen LogP contribution < -0.4 is 10.6 Å². The van der Waals surface area contributed by atoms with Crippen molar-refractivity contribution in [3.8, 4) is 11.3 Å². The molecule has 6 heteroatoms. The molecule has 0 saturated heterocycles. The minimum atomic E-state index is -0.247. The summed E-state index contributed by atoms with van der Waals surface area (Å²) in [5.74, 6) is 1.04. The topological polar surface area (TPSA) is 62.7 Å². The van der Waals surface area contributed by atoms with Crippen molar-refractivity contribution >= 4 is 17.5 Å². The third kappa shape index (κ3) is 4.44. The summed E-state index contributed by atoms with van der Waals surface area (Å²) in [4.78, 5) is 13.5. The van der Waals surface area contributed by atoms with E-state index in [0.29, 0.717) is 17.8 Å². The summed E-state index contributed by atoms with van der Waals surface area (Å²) in [6.07, 6.45) is 9.56. The van der Waals surface area contributed by atoms with Crippen molar-refractivity contribution in [3.63, 3.8) is 0 Å². The molecule has 3 aromatic rings. The Morgan fingerprint density at radius 1 is 0.964 bits per heavy atom. The Labute approximate surface area is 164 Å². The molecule has 0 atom stereocenters. The van der Waals surface area contributed by atoms with Crippen LogP contribution in [0.2, 0.25) is 0 Å². The number of hydrogen-bond acceptors (Lipinski definition) is 5. The van der Waals surface area contributed by atoms with Gasteiger partial charge in [0.1, 0.15) is 11.6 Å². The maximum absolute atomic E-state index is 13.4. The van der Waals surface area contributed by atoms with Gasteiger partial charge in [-0.1, -0.05) is 19.3 Å². The van der Waals surface area contributed by atoms with E-state index in [-0.39, 0.29) is 5.82 Å². The summed E-state index contributed by atoms with van der Waals surface area (Å²) in [6.45, 7) is 1.87. The molecule has 1 saturated carbocycles. The molecule has 2 aromatic heterocycles. The highest BCUT2D eigenvalue weighted by atomic mass is 19.1. The Bertz CT molecular complexity index is 939. The molecule has 2 N–H and O–H groups in total. The summed E-state index contributed by atoms with van der Waals surface area (Å²) in [5.41, 5.74) is 3.44. The molecule has 1 aromatic carbocycles. The maximum atomic E-state index is 13.4. The van der Waals surface area contributed by atoms with Crippen molar-refractivity contribution < 1.29 is 4.39 Å². The Kier molecular flexibility index (Phi) is 5.46. The molecular weight excluding hydrogens is 353 g/mol. The van der Waals surface area contributed by atoms with Crippen LogP contribution in [0.3, 0.4) is 0 Å². The van der Waals surface area contributed by atoms with Crippen molar-refractivity contribution in [2.45, 2.75) is 45.1 Å². The van der Waals surface area contributed by atoms with Crippen LogP contribution in [0.5, 0.6) is 0 Å². The largest absolute Gasteiger partial charge is 0.351 e. The zero-order valence-electron chi connectivity index (χ0n) is 16.0. The van der Waals surface area contributed by atoms with Gasteiger partial charge >= 0.3 is 0 Å². The zero-order valence-corrected chi connectivity index (χ0v) is 16.0. The highest BCUT2D eigenvalue weighted by molar-refractivity contribution is 5.68. The molecule has 0 radical (unpaired) electrons. The molecule has 1 aliphatic rings. The second-order valence-electron chi connectivity index (χ2n) is 7.26. The fraction of sp³-hybridized carbons (Fsp3) is 0.318. The third-order valence-electron chi connectivity index (χ3n) is 5.09. The first-order chi connectivity index (χ1) is 13.7. The Morgan fingerprint density at radius 2 is 1.75 bits per heavy atom. The quantitative estimate of drug-likeness (QED) is 0.617. The number of halogens is 1. The SMILES string of the molecule is Cc1cc(F)ccc1Nc1cc(-c2ccncc2)nc(NC2CCCCC2)n1. The van der Waals surface area contributed by atoms with Gasteiger partial charge in [0.15, 0.2) is 0 Å². The molecule has 5 nitrogen and oxygen atoms in total. The fourth-order valence-corrected chi connectivity index (χ4v) is 3.58. The molecule has 0 aliphatic heterocycles. The van der Waals surface area contributed by atoms with Gasteiger partial charge in [0.2, 0.25) is 5.95 Å². The van der Waals surface area contributed by atoms with E-state index in [1.165, 1.54) is 31.4 Å². The van der Waals surface area contributed by atoms with Crippen molar-refractivity contribution in [3.05, 3.63) is 60.2 Å². The van der Waals surface area contributed by atoms with E-state index in [1.807, 2.05) is 25.1 Å². The van der Waals surface area contributed by atoms with Gasteiger partial charge in [-0.15, -0.1) is 0 Å². The summed E-state index contributed by atoms with van der Waals surface area (Å²) in [5, 5.41) is 6.82. The van der Waals surface area contributed by atoms with Gasteiger partial charge in [-0.3, -0.25) is 4.98 Å². The third-order valence-corrected chi connectivity index (χ3v) is 5.09. The molecule has 1 fully saturated rings. The van der Waals surface area contributed by atoms with E-state index >= 15 is 0 Å². The van der Waals surface area contributed by atoms with E-state index in [9.17, 15) is 4.39 Å². The highest BCUT2D eigenvalue weighted by Gasteiger charge is 2.16. The number of nitrogens with one attached hydrogen (secondary N) is 2. The Hall–Kier alpha value is -3.02. The van der Waals surface area contributed by atoms with Gasteiger partial charge < -0.3 is 10.6 Å². The average Bonchev–Trinajstić information content (AvgIpc) is 2.71. The fourth-order valence-electron chi connectivity index (χ4n) is 3.58. The first-order valence-electron chi connectivity index (χ1n) is 9.76. The lowest BCUT2D eigenvalue weighted by molar-refractivity contribution is 0.461. The van der Waals surface area contributed by atoms with Gasteiger partial charge in [-0.2, -0.15) is 4.98 Å². The second kappa shape index (κ2) is 8.33. The summed E-state index contributed by atoms with van der Waals surface area (Å²) < 4.78 is 13.4. The summed E-state index contributed by atoms with van der Waals surface area (Å²) in [6, 6.07) is 10.9. The van der Waals surface area contributed by atoms with Gasteiger partial charge in [0.25, 0.3) is 0 Å². The minimum Gasteiger partial charge on any atom is -0.351 e. The lowest BCUT2D eigenvalue weighted by Gasteiger charge is -2.23. The maximum Gasteiger partial charge on any atom is 0.225 e. The molecule has 0 bridgehead atoms. The number of aromatic nitrogens is 3. The van der Waals surface area contributed by atoms with Crippen molar-refractivity contribution in [2.24, 2.45) is 0 Å².